The van der Waals surface area contributed by atoms with Crippen LogP contribution in [0.25, 0.3) is 0 Å². The van der Waals surface area contributed by atoms with Crippen molar-refractivity contribution >= 4 is 23.2 Å². The third-order valence-corrected chi connectivity index (χ3v) is 4.17. The molecule has 10 heteroatoms. The third kappa shape index (κ3) is 4.68. The van der Waals surface area contributed by atoms with Crippen LogP contribution in [-0.4, -0.2) is 34.3 Å². The minimum Gasteiger partial charge on any atom is -0.493 e. The number of rotatable bonds is 8. The van der Waals surface area contributed by atoms with Gasteiger partial charge in [0, 0.05) is 6.54 Å². The van der Waals surface area contributed by atoms with Crippen LogP contribution in [-0.2, 0) is 17.9 Å². The summed E-state index contributed by atoms with van der Waals surface area (Å²) in [7, 11) is 1.51. The molecule has 0 aliphatic heterocycles. The quantitative estimate of drug-likeness (QED) is 0.542. The molecule has 0 spiro atoms. The zero-order valence-corrected chi connectivity index (χ0v) is 16.3. The van der Waals surface area contributed by atoms with Crippen LogP contribution >= 0.6 is 11.6 Å². The van der Waals surface area contributed by atoms with E-state index in [1.165, 1.54) is 18.7 Å². The van der Waals surface area contributed by atoms with Crippen molar-refractivity contribution in [2.75, 3.05) is 13.7 Å². The number of carbonyl (C=O) groups excluding carboxylic acids is 1. The molecule has 0 atom stereocenters. The van der Waals surface area contributed by atoms with E-state index in [9.17, 15) is 14.9 Å². The lowest BCUT2D eigenvalue weighted by Gasteiger charge is -2.13. The van der Waals surface area contributed by atoms with Crippen molar-refractivity contribution in [3.05, 3.63) is 44.2 Å². The second-order valence-corrected chi connectivity index (χ2v) is 6.16. The minimum atomic E-state index is -0.500. The van der Waals surface area contributed by atoms with E-state index in [-0.39, 0.29) is 30.4 Å². The van der Waals surface area contributed by atoms with Crippen LogP contribution in [0.15, 0.2) is 12.1 Å². The maximum Gasteiger partial charge on any atom is 0.312 e. The number of ether oxygens (including phenoxy) is 2. The molecule has 2 rings (SSSR count). The van der Waals surface area contributed by atoms with E-state index in [4.69, 9.17) is 21.1 Å². The molecule has 0 saturated heterocycles. The van der Waals surface area contributed by atoms with Gasteiger partial charge in [-0.25, -0.2) is 0 Å². The summed E-state index contributed by atoms with van der Waals surface area (Å²) in [6.07, 6.45) is 0. The largest absolute Gasteiger partial charge is 0.493 e. The van der Waals surface area contributed by atoms with Gasteiger partial charge in [0.05, 0.1) is 23.7 Å². The fraction of sp³-hybridized carbons (Fsp3) is 0.412. The van der Waals surface area contributed by atoms with E-state index in [1.54, 1.807) is 19.1 Å². The number of nitro groups is 1. The first-order chi connectivity index (χ1) is 12.8. The number of hydrogen-bond donors (Lipinski definition) is 1. The molecular weight excluding hydrogens is 376 g/mol. The topological polar surface area (TPSA) is 109 Å². The lowest BCUT2D eigenvalue weighted by atomic mass is 10.2. The molecule has 2 aromatic rings. The van der Waals surface area contributed by atoms with Gasteiger partial charge in [0.25, 0.3) is 0 Å². The molecular formula is C17H21ClN4O5. The molecule has 0 aliphatic carbocycles. The van der Waals surface area contributed by atoms with Crippen molar-refractivity contribution in [1.82, 2.24) is 15.1 Å². The summed E-state index contributed by atoms with van der Waals surface area (Å²) >= 11 is 6.21. The number of benzene rings is 1. The highest BCUT2D eigenvalue weighted by Gasteiger charge is 2.22. The molecule has 0 radical (unpaired) electrons. The van der Waals surface area contributed by atoms with Crippen LogP contribution in [0.4, 0.5) is 5.69 Å². The summed E-state index contributed by atoms with van der Waals surface area (Å²) < 4.78 is 12.0. The van der Waals surface area contributed by atoms with E-state index in [1.807, 2.05) is 6.92 Å². The van der Waals surface area contributed by atoms with Crippen LogP contribution in [0.1, 0.15) is 23.9 Å². The van der Waals surface area contributed by atoms with Crippen LogP contribution in [0.2, 0.25) is 5.02 Å². The van der Waals surface area contributed by atoms with Crippen molar-refractivity contribution in [3.8, 4) is 11.5 Å². The molecule has 146 valence electrons. The molecule has 0 aliphatic rings. The van der Waals surface area contributed by atoms with Gasteiger partial charge in [-0.1, -0.05) is 11.6 Å². The second-order valence-electron chi connectivity index (χ2n) is 5.75. The average molecular weight is 397 g/mol. The Kier molecular flexibility index (Phi) is 6.62. The Morgan fingerprint density at radius 2 is 2.11 bits per heavy atom. The first-order valence-corrected chi connectivity index (χ1v) is 8.60. The number of nitrogens with zero attached hydrogens (tertiary/aromatic N) is 3. The summed E-state index contributed by atoms with van der Waals surface area (Å²) in [5, 5.41) is 18.2. The molecule has 9 nitrogen and oxygen atoms in total. The van der Waals surface area contributed by atoms with Gasteiger partial charge in [-0.05, 0) is 38.5 Å². The highest BCUT2D eigenvalue weighted by molar-refractivity contribution is 6.32. The molecule has 0 saturated carbocycles. The standard InChI is InChI=1S/C17H21ClN4O5/c1-5-27-17-13(18)6-12(7-14(17)26-4)8-19-15(23)9-21-11(3)16(22(24)25)10(2)20-21/h6-7H,5,8-9H2,1-4H3,(H,19,23). The molecule has 1 N–H and O–H groups in total. The Labute approximate surface area is 161 Å². The monoisotopic (exact) mass is 396 g/mol. The fourth-order valence-corrected chi connectivity index (χ4v) is 2.95. The Balaban J connectivity index is 2.07. The first-order valence-electron chi connectivity index (χ1n) is 8.22. The van der Waals surface area contributed by atoms with Gasteiger partial charge in [-0.3, -0.25) is 19.6 Å². The van der Waals surface area contributed by atoms with E-state index >= 15 is 0 Å². The number of halogens is 1. The van der Waals surface area contributed by atoms with Crippen molar-refractivity contribution in [1.29, 1.82) is 0 Å². The van der Waals surface area contributed by atoms with Crippen LogP contribution in [0.3, 0.4) is 0 Å². The predicted molar refractivity (Wildman–Crippen MR) is 99.4 cm³/mol. The number of hydrogen-bond acceptors (Lipinski definition) is 6. The van der Waals surface area contributed by atoms with Gasteiger partial charge in [-0.15, -0.1) is 0 Å². The summed E-state index contributed by atoms with van der Waals surface area (Å²) in [6, 6.07) is 3.41. The van der Waals surface area contributed by atoms with Crippen molar-refractivity contribution in [3.63, 3.8) is 0 Å². The van der Waals surface area contributed by atoms with E-state index in [0.717, 1.165) is 5.56 Å². The van der Waals surface area contributed by atoms with Gasteiger partial charge < -0.3 is 14.8 Å². The zero-order chi connectivity index (χ0) is 20.1. The molecule has 1 heterocycles. The molecule has 27 heavy (non-hydrogen) atoms. The minimum absolute atomic E-state index is 0.0779. The van der Waals surface area contributed by atoms with Gasteiger partial charge in [-0.2, -0.15) is 5.10 Å². The summed E-state index contributed by atoms with van der Waals surface area (Å²) in [4.78, 5) is 22.7. The van der Waals surface area contributed by atoms with Crippen LogP contribution in [0, 0.1) is 24.0 Å². The molecule has 1 amide bonds. The maximum absolute atomic E-state index is 12.2. The van der Waals surface area contributed by atoms with Gasteiger partial charge in [0.2, 0.25) is 5.91 Å². The molecule has 0 fully saturated rings. The van der Waals surface area contributed by atoms with Gasteiger partial charge >= 0.3 is 5.69 Å². The van der Waals surface area contributed by atoms with Gasteiger partial charge in [0.1, 0.15) is 17.9 Å². The predicted octanol–water partition coefficient (Wildman–Crippen LogP) is 2.79. The Morgan fingerprint density at radius 1 is 1.41 bits per heavy atom. The smallest absolute Gasteiger partial charge is 0.312 e. The normalized spacial score (nSPS) is 10.6. The third-order valence-electron chi connectivity index (χ3n) is 3.89. The highest BCUT2D eigenvalue weighted by atomic mass is 35.5. The first kappa shape index (κ1) is 20.5. The zero-order valence-electron chi connectivity index (χ0n) is 15.5. The average Bonchev–Trinajstić information content (AvgIpc) is 2.88. The summed E-state index contributed by atoms with van der Waals surface area (Å²) in [6.45, 7) is 5.47. The maximum atomic E-state index is 12.2. The summed E-state index contributed by atoms with van der Waals surface area (Å²) in [5.74, 6) is 0.592. The summed E-state index contributed by atoms with van der Waals surface area (Å²) in [5.41, 5.74) is 1.26. The van der Waals surface area contributed by atoms with Crippen molar-refractivity contribution in [2.24, 2.45) is 0 Å². The van der Waals surface area contributed by atoms with E-state index in [2.05, 4.69) is 10.4 Å². The number of carbonyl (C=O) groups is 1. The number of nitrogens with one attached hydrogen (secondary N) is 1. The van der Waals surface area contributed by atoms with Gasteiger partial charge in [0.15, 0.2) is 11.5 Å². The molecule has 0 unspecified atom stereocenters. The number of methoxy groups -OCH3 is 1. The lowest BCUT2D eigenvalue weighted by Crippen LogP contribution is -2.28. The second kappa shape index (κ2) is 8.72. The van der Waals surface area contributed by atoms with Crippen molar-refractivity contribution in [2.45, 2.75) is 33.9 Å². The number of aromatic nitrogens is 2. The number of amides is 1. The SMILES string of the molecule is CCOc1c(Cl)cc(CNC(=O)Cn2nc(C)c([N+](=O)[O-])c2C)cc1OC. The highest BCUT2D eigenvalue weighted by Crippen LogP contribution is 2.36. The Bertz CT molecular complexity index is 865. The van der Waals surface area contributed by atoms with Crippen LogP contribution < -0.4 is 14.8 Å². The van der Waals surface area contributed by atoms with Crippen LogP contribution in [0.5, 0.6) is 11.5 Å². The molecule has 0 bridgehead atoms. The Hall–Kier alpha value is -2.81. The Morgan fingerprint density at radius 3 is 2.67 bits per heavy atom. The van der Waals surface area contributed by atoms with E-state index < -0.39 is 4.92 Å². The number of aryl methyl sites for hydroxylation is 1. The lowest BCUT2D eigenvalue weighted by molar-refractivity contribution is -0.386. The molecule has 1 aromatic heterocycles. The van der Waals surface area contributed by atoms with Crippen molar-refractivity contribution < 1.29 is 19.2 Å². The fourth-order valence-electron chi connectivity index (χ4n) is 2.66. The van der Waals surface area contributed by atoms with E-state index in [0.29, 0.717) is 28.8 Å². The molecule has 1 aromatic carbocycles.